The van der Waals surface area contributed by atoms with Gasteiger partial charge in [-0.25, -0.2) is 14.8 Å². The second-order valence-electron chi connectivity index (χ2n) is 5.76. The Kier molecular flexibility index (Phi) is 3.69. The van der Waals surface area contributed by atoms with E-state index in [-0.39, 0.29) is 29.4 Å². The molecule has 0 unspecified atom stereocenters. The third-order valence-corrected chi connectivity index (χ3v) is 3.86. The molecule has 4 aromatic rings. The molecule has 0 spiro atoms. The number of nitrogens with two attached hydrogens (primary N) is 1. The van der Waals surface area contributed by atoms with Crippen LogP contribution in [0.1, 0.15) is 32.4 Å². The van der Waals surface area contributed by atoms with E-state index in [0.717, 1.165) is 16.1 Å². The van der Waals surface area contributed by atoms with E-state index in [1.165, 1.54) is 0 Å². The van der Waals surface area contributed by atoms with Gasteiger partial charge in [0.15, 0.2) is 23.0 Å². The van der Waals surface area contributed by atoms with Crippen LogP contribution in [0.2, 0.25) is 0 Å². The Morgan fingerprint density at radius 3 is 2.89 bits per heavy atom. The van der Waals surface area contributed by atoms with E-state index in [9.17, 15) is 14.7 Å². The number of rotatable bonds is 4. The minimum atomic E-state index is -1.28. The van der Waals surface area contributed by atoms with Crippen molar-refractivity contribution in [3.8, 4) is 0 Å². The summed E-state index contributed by atoms with van der Waals surface area (Å²) in [7, 11) is 0. The lowest BCUT2D eigenvalue weighted by atomic mass is 10.2. The van der Waals surface area contributed by atoms with Crippen molar-refractivity contribution in [2.45, 2.75) is 13.5 Å². The standard InChI is InChI=1S/C16H13N7O4/c1-7-19-9-4-8(2-3-12(9)27-7)6-18-15(24)10-5-11(16(25)26)23-14(20-10)13(17)21-22-23/h2-5H,6,17H2,1H3,(H,18,24)(H,25,26). The summed E-state index contributed by atoms with van der Waals surface area (Å²) in [4.78, 5) is 32.1. The van der Waals surface area contributed by atoms with Crippen LogP contribution in [0.15, 0.2) is 28.7 Å². The van der Waals surface area contributed by atoms with Crippen LogP contribution in [0.4, 0.5) is 5.82 Å². The van der Waals surface area contributed by atoms with Crippen molar-refractivity contribution in [1.82, 2.24) is 30.1 Å². The number of nitrogens with one attached hydrogen (secondary N) is 1. The number of carboxylic acids is 1. The highest BCUT2D eigenvalue weighted by Crippen LogP contribution is 2.17. The molecular formula is C16H13N7O4. The lowest BCUT2D eigenvalue weighted by molar-refractivity contribution is 0.0687. The summed E-state index contributed by atoms with van der Waals surface area (Å²) in [5.41, 5.74) is 7.40. The summed E-state index contributed by atoms with van der Waals surface area (Å²) in [6, 6.07) is 6.47. The van der Waals surface area contributed by atoms with Crippen LogP contribution < -0.4 is 11.1 Å². The van der Waals surface area contributed by atoms with Gasteiger partial charge in [-0.3, -0.25) is 4.79 Å². The number of amides is 1. The number of carbonyl (C=O) groups is 2. The summed E-state index contributed by atoms with van der Waals surface area (Å²) >= 11 is 0. The van der Waals surface area contributed by atoms with Crippen molar-refractivity contribution >= 4 is 34.4 Å². The number of nitrogens with zero attached hydrogens (tertiary/aromatic N) is 5. The first kappa shape index (κ1) is 16.4. The average Bonchev–Trinajstić information content (AvgIpc) is 3.20. The predicted octanol–water partition coefficient (Wildman–Crippen LogP) is 0.784. The number of fused-ring (bicyclic) bond motifs is 2. The summed E-state index contributed by atoms with van der Waals surface area (Å²) in [5, 5.41) is 19.2. The Hall–Kier alpha value is -4.02. The van der Waals surface area contributed by atoms with Crippen LogP contribution in [-0.4, -0.2) is 41.8 Å². The van der Waals surface area contributed by atoms with Gasteiger partial charge in [0, 0.05) is 19.5 Å². The maximum atomic E-state index is 12.4. The first-order valence-electron chi connectivity index (χ1n) is 7.82. The van der Waals surface area contributed by atoms with E-state index < -0.39 is 11.9 Å². The molecule has 136 valence electrons. The van der Waals surface area contributed by atoms with Crippen molar-refractivity contribution < 1.29 is 19.1 Å². The lowest BCUT2D eigenvalue weighted by Gasteiger charge is -2.06. The number of carboxylic acid groups (broad SMARTS) is 1. The number of aromatic nitrogens is 5. The quantitative estimate of drug-likeness (QED) is 0.473. The van der Waals surface area contributed by atoms with Crippen molar-refractivity contribution in [2.24, 2.45) is 0 Å². The van der Waals surface area contributed by atoms with Crippen LogP contribution in [0.25, 0.3) is 16.7 Å². The first-order valence-corrected chi connectivity index (χ1v) is 7.82. The van der Waals surface area contributed by atoms with Gasteiger partial charge in [-0.05, 0) is 17.7 Å². The molecular weight excluding hydrogens is 354 g/mol. The Labute approximate surface area is 150 Å². The molecule has 0 aliphatic rings. The summed E-state index contributed by atoms with van der Waals surface area (Å²) in [5.74, 6) is -1.36. The molecule has 1 amide bonds. The van der Waals surface area contributed by atoms with Crippen LogP contribution >= 0.6 is 0 Å². The van der Waals surface area contributed by atoms with Gasteiger partial charge in [0.2, 0.25) is 5.65 Å². The zero-order chi connectivity index (χ0) is 19.1. The van der Waals surface area contributed by atoms with E-state index in [1.807, 2.05) is 0 Å². The zero-order valence-corrected chi connectivity index (χ0v) is 14.0. The fourth-order valence-corrected chi connectivity index (χ4v) is 2.63. The number of hydrogen-bond acceptors (Lipinski definition) is 8. The number of oxazole rings is 1. The third kappa shape index (κ3) is 2.90. The number of anilines is 1. The monoisotopic (exact) mass is 367 g/mol. The number of hydrogen-bond donors (Lipinski definition) is 3. The topological polar surface area (TPSA) is 162 Å². The van der Waals surface area contributed by atoms with Gasteiger partial charge in [-0.15, -0.1) is 5.10 Å². The first-order chi connectivity index (χ1) is 12.9. The summed E-state index contributed by atoms with van der Waals surface area (Å²) in [6.45, 7) is 1.95. The Morgan fingerprint density at radius 2 is 2.11 bits per heavy atom. The lowest BCUT2D eigenvalue weighted by Crippen LogP contribution is -2.25. The minimum absolute atomic E-state index is 0.000424. The molecule has 11 heteroatoms. The third-order valence-electron chi connectivity index (χ3n) is 3.86. The van der Waals surface area contributed by atoms with Gasteiger partial charge in [-0.1, -0.05) is 11.3 Å². The second-order valence-corrected chi connectivity index (χ2v) is 5.76. The average molecular weight is 367 g/mol. The van der Waals surface area contributed by atoms with Crippen molar-refractivity contribution in [3.05, 3.63) is 47.1 Å². The van der Waals surface area contributed by atoms with E-state index in [1.54, 1.807) is 25.1 Å². The minimum Gasteiger partial charge on any atom is -0.477 e. The molecule has 1 aromatic carbocycles. The van der Waals surface area contributed by atoms with Gasteiger partial charge in [0.1, 0.15) is 11.2 Å². The smallest absolute Gasteiger partial charge is 0.354 e. The highest BCUT2D eigenvalue weighted by molar-refractivity contribution is 5.96. The molecule has 0 fully saturated rings. The van der Waals surface area contributed by atoms with Crippen LogP contribution in [0.3, 0.4) is 0 Å². The van der Waals surface area contributed by atoms with Gasteiger partial charge < -0.3 is 20.6 Å². The molecule has 0 bridgehead atoms. The molecule has 0 aliphatic carbocycles. The Morgan fingerprint density at radius 1 is 1.30 bits per heavy atom. The number of aromatic carboxylic acids is 1. The van der Waals surface area contributed by atoms with Crippen molar-refractivity contribution in [2.75, 3.05) is 5.73 Å². The molecule has 0 aliphatic heterocycles. The number of aryl methyl sites for hydroxylation is 1. The predicted molar refractivity (Wildman–Crippen MR) is 92.1 cm³/mol. The van der Waals surface area contributed by atoms with E-state index in [4.69, 9.17) is 10.2 Å². The van der Waals surface area contributed by atoms with Crippen LogP contribution in [-0.2, 0) is 6.54 Å². The second kappa shape index (κ2) is 6.05. The number of carbonyl (C=O) groups excluding carboxylic acids is 1. The van der Waals surface area contributed by atoms with Gasteiger partial charge >= 0.3 is 5.97 Å². The van der Waals surface area contributed by atoms with Crippen molar-refractivity contribution in [3.63, 3.8) is 0 Å². The molecule has 0 radical (unpaired) electrons. The maximum absolute atomic E-state index is 12.4. The summed E-state index contributed by atoms with van der Waals surface area (Å²) < 4.78 is 6.38. The molecule has 0 saturated carbocycles. The van der Waals surface area contributed by atoms with Gasteiger partial charge in [-0.2, -0.15) is 4.52 Å². The zero-order valence-electron chi connectivity index (χ0n) is 14.0. The van der Waals surface area contributed by atoms with Gasteiger partial charge in [0.05, 0.1) is 0 Å². The van der Waals surface area contributed by atoms with E-state index in [0.29, 0.717) is 17.0 Å². The molecule has 27 heavy (non-hydrogen) atoms. The maximum Gasteiger partial charge on any atom is 0.354 e. The van der Waals surface area contributed by atoms with E-state index in [2.05, 4.69) is 25.6 Å². The fourth-order valence-electron chi connectivity index (χ4n) is 2.63. The molecule has 0 atom stereocenters. The van der Waals surface area contributed by atoms with Crippen molar-refractivity contribution in [1.29, 1.82) is 0 Å². The number of benzene rings is 1. The molecule has 11 nitrogen and oxygen atoms in total. The molecule has 4 rings (SSSR count). The molecule has 0 saturated heterocycles. The van der Waals surface area contributed by atoms with Gasteiger partial charge in [0.25, 0.3) is 5.91 Å². The summed E-state index contributed by atoms with van der Waals surface area (Å²) in [6.07, 6.45) is 0. The largest absolute Gasteiger partial charge is 0.477 e. The van der Waals surface area contributed by atoms with Crippen LogP contribution in [0, 0.1) is 6.92 Å². The fraction of sp³-hybridized carbons (Fsp3) is 0.125. The highest BCUT2D eigenvalue weighted by Gasteiger charge is 2.19. The molecule has 3 aromatic heterocycles. The Bertz CT molecular complexity index is 1210. The highest BCUT2D eigenvalue weighted by atomic mass is 16.4. The Balaban J connectivity index is 1.60. The van der Waals surface area contributed by atoms with Crippen LogP contribution in [0.5, 0.6) is 0 Å². The number of nitrogen functional groups attached to an aromatic ring is 1. The molecule has 3 heterocycles. The molecule has 4 N–H and O–H groups in total. The SMILES string of the molecule is Cc1nc2cc(CNC(=O)c3cc(C(=O)O)n4nnc(N)c4n3)ccc2o1. The normalized spacial score (nSPS) is 11.1. The van der Waals surface area contributed by atoms with E-state index >= 15 is 0 Å².